The number of methoxy groups -OCH3 is 2. The first-order valence-corrected chi connectivity index (χ1v) is 10.1. The molecule has 0 amide bonds. The second-order valence-electron chi connectivity index (χ2n) is 8.08. The first kappa shape index (κ1) is 19.6. The lowest BCUT2D eigenvalue weighted by Crippen LogP contribution is -2.38. The standard InChI is InChI=1S/C25H29NO3/c1-14-12-21(29-6)24-18(8-7-9-20(24)28-5)22(14)19-11-10-17-13-15(2)26(4)16(3)23(17)25(19)27/h7-12,15-16,27H,13H2,1-6H3. The molecule has 0 bridgehead atoms. The van der Waals surface area contributed by atoms with Gasteiger partial charge in [0.25, 0.3) is 0 Å². The average molecular weight is 392 g/mol. The zero-order chi connectivity index (χ0) is 20.9. The van der Waals surface area contributed by atoms with Gasteiger partial charge in [-0.1, -0.05) is 24.3 Å². The third-order valence-corrected chi connectivity index (χ3v) is 6.54. The maximum atomic E-state index is 11.4. The smallest absolute Gasteiger partial charge is 0.130 e. The molecule has 4 nitrogen and oxygen atoms in total. The van der Waals surface area contributed by atoms with Crippen molar-refractivity contribution in [2.75, 3.05) is 21.3 Å². The summed E-state index contributed by atoms with van der Waals surface area (Å²) >= 11 is 0. The van der Waals surface area contributed by atoms with Crippen LogP contribution in [-0.4, -0.2) is 37.3 Å². The molecule has 0 radical (unpaired) electrons. The number of nitrogens with zero attached hydrogens (tertiary/aromatic N) is 1. The van der Waals surface area contributed by atoms with Crippen molar-refractivity contribution in [1.29, 1.82) is 0 Å². The van der Waals surface area contributed by atoms with Gasteiger partial charge in [0.1, 0.15) is 17.2 Å². The van der Waals surface area contributed by atoms with Gasteiger partial charge in [0.05, 0.1) is 19.6 Å². The summed E-state index contributed by atoms with van der Waals surface area (Å²) in [6.45, 7) is 6.46. The number of aryl methyl sites for hydroxylation is 1. The van der Waals surface area contributed by atoms with Crippen molar-refractivity contribution in [3.63, 3.8) is 0 Å². The Balaban J connectivity index is 2.03. The van der Waals surface area contributed by atoms with E-state index in [4.69, 9.17) is 9.47 Å². The molecular weight excluding hydrogens is 362 g/mol. The minimum absolute atomic E-state index is 0.160. The summed E-state index contributed by atoms with van der Waals surface area (Å²) in [4.78, 5) is 2.33. The van der Waals surface area contributed by atoms with E-state index in [0.717, 1.165) is 50.9 Å². The third-order valence-electron chi connectivity index (χ3n) is 6.54. The van der Waals surface area contributed by atoms with Gasteiger partial charge in [-0.3, -0.25) is 4.90 Å². The summed E-state index contributed by atoms with van der Waals surface area (Å²) in [6, 6.07) is 12.9. The molecule has 1 aliphatic rings. The Morgan fingerprint density at radius 1 is 1.03 bits per heavy atom. The predicted molar refractivity (Wildman–Crippen MR) is 118 cm³/mol. The summed E-state index contributed by atoms with van der Waals surface area (Å²) in [5, 5.41) is 13.4. The first-order chi connectivity index (χ1) is 13.9. The fourth-order valence-electron chi connectivity index (χ4n) is 4.78. The summed E-state index contributed by atoms with van der Waals surface area (Å²) < 4.78 is 11.3. The molecule has 0 saturated carbocycles. The van der Waals surface area contributed by atoms with Crippen LogP contribution in [0.5, 0.6) is 17.2 Å². The van der Waals surface area contributed by atoms with Gasteiger partial charge >= 0.3 is 0 Å². The Labute approximate surface area is 172 Å². The number of phenols is 1. The Hall–Kier alpha value is -2.72. The number of phenolic OH excluding ortho intramolecular Hbond substituents is 1. The average Bonchev–Trinajstić information content (AvgIpc) is 2.71. The molecule has 2 unspecified atom stereocenters. The van der Waals surface area contributed by atoms with E-state index in [9.17, 15) is 5.11 Å². The monoisotopic (exact) mass is 391 g/mol. The number of ether oxygens (including phenoxy) is 2. The van der Waals surface area contributed by atoms with Crippen LogP contribution in [0.25, 0.3) is 21.9 Å². The number of benzene rings is 3. The molecule has 0 fully saturated rings. The van der Waals surface area contributed by atoms with E-state index in [-0.39, 0.29) is 6.04 Å². The van der Waals surface area contributed by atoms with E-state index in [1.54, 1.807) is 14.2 Å². The minimum Gasteiger partial charge on any atom is -0.507 e. The van der Waals surface area contributed by atoms with Gasteiger partial charge < -0.3 is 14.6 Å². The van der Waals surface area contributed by atoms with Crippen molar-refractivity contribution in [2.24, 2.45) is 0 Å². The molecule has 1 heterocycles. The molecule has 2 atom stereocenters. The zero-order valence-electron chi connectivity index (χ0n) is 18.0. The molecule has 0 saturated heterocycles. The van der Waals surface area contributed by atoms with Crippen LogP contribution in [-0.2, 0) is 6.42 Å². The number of hydrogen-bond acceptors (Lipinski definition) is 4. The molecule has 29 heavy (non-hydrogen) atoms. The van der Waals surface area contributed by atoms with Crippen LogP contribution in [0.15, 0.2) is 36.4 Å². The van der Waals surface area contributed by atoms with Gasteiger partial charge in [0, 0.05) is 23.2 Å². The van der Waals surface area contributed by atoms with Crippen LogP contribution in [0.1, 0.15) is 36.6 Å². The highest BCUT2D eigenvalue weighted by molar-refractivity contribution is 6.05. The number of aromatic hydroxyl groups is 1. The molecule has 0 spiro atoms. The van der Waals surface area contributed by atoms with Crippen LogP contribution in [0.4, 0.5) is 0 Å². The van der Waals surface area contributed by atoms with Crippen molar-refractivity contribution in [2.45, 2.75) is 39.3 Å². The lowest BCUT2D eigenvalue weighted by atomic mass is 9.84. The summed E-state index contributed by atoms with van der Waals surface area (Å²) in [5.41, 5.74) is 5.21. The van der Waals surface area contributed by atoms with Gasteiger partial charge in [0.15, 0.2) is 0 Å². The number of rotatable bonds is 3. The normalized spacial score (nSPS) is 19.2. The maximum Gasteiger partial charge on any atom is 0.130 e. The van der Waals surface area contributed by atoms with E-state index in [1.807, 2.05) is 18.2 Å². The molecule has 0 aromatic heterocycles. The molecule has 3 aromatic carbocycles. The fourth-order valence-corrected chi connectivity index (χ4v) is 4.78. The largest absolute Gasteiger partial charge is 0.507 e. The molecule has 4 heteroatoms. The van der Waals surface area contributed by atoms with Gasteiger partial charge in [-0.15, -0.1) is 0 Å². The summed E-state index contributed by atoms with van der Waals surface area (Å²) in [5.74, 6) is 1.92. The van der Waals surface area contributed by atoms with Crippen molar-refractivity contribution < 1.29 is 14.6 Å². The summed E-state index contributed by atoms with van der Waals surface area (Å²) in [7, 11) is 5.47. The second kappa shape index (κ2) is 7.27. The lowest BCUT2D eigenvalue weighted by molar-refractivity contribution is 0.176. The fraction of sp³-hybridized carbons (Fsp3) is 0.360. The van der Waals surface area contributed by atoms with E-state index in [0.29, 0.717) is 11.8 Å². The van der Waals surface area contributed by atoms with Crippen LogP contribution in [0.2, 0.25) is 0 Å². The third kappa shape index (κ3) is 2.94. The molecule has 3 aromatic rings. The Bertz CT molecular complexity index is 1090. The Morgan fingerprint density at radius 3 is 2.45 bits per heavy atom. The number of hydrogen-bond donors (Lipinski definition) is 1. The van der Waals surface area contributed by atoms with Crippen LogP contribution in [0.3, 0.4) is 0 Å². The summed E-state index contributed by atoms with van der Waals surface area (Å²) in [6.07, 6.45) is 0.945. The highest BCUT2D eigenvalue weighted by Gasteiger charge is 2.30. The quantitative estimate of drug-likeness (QED) is 0.642. The topological polar surface area (TPSA) is 41.9 Å². The lowest BCUT2D eigenvalue weighted by Gasteiger charge is -2.38. The van der Waals surface area contributed by atoms with Gasteiger partial charge in [-0.2, -0.15) is 0 Å². The molecule has 1 aliphatic heterocycles. The van der Waals surface area contributed by atoms with Crippen molar-refractivity contribution in [1.82, 2.24) is 4.90 Å². The first-order valence-electron chi connectivity index (χ1n) is 10.1. The van der Waals surface area contributed by atoms with Crippen LogP contribution >= 0.6 is 0 Å². The zero-order valence-corrected chi connectivity index (χ0v) is 18.0. The maximum absolute atomic E-state index is 11.4. The molecular formula is C25H29NO3. The van der Waals surface area contributed by atoms with E-state index in [1.165, 1.54) is 5.56 Å². The molecule has 4 rings (SSSR count). The SMILES string of the molecule is COc1cccc2c(-c3ccc4c(c3O)C(C)N(C)C(C)C4)c(C)cc(OC)c12. The molecule has 1 N–H and O–H groups in total. The minimum atomic E-state index is 0.160. The highest BCUT2D eigenvalue weighted by atomic mass is 16.5. The van der Waals surface area contributed by atoms with E-state index < -0.39 is 0 Å². The van der Waals surface area contributed by atoms with Crippen LogP contribution < -0.4 is 9.47 Å². The van der Waals surface area contributed by atoms with E-state index >= 15 is 0 Å². The highest BCUT2D eigenvalue weighted by Crippen LogP contribution is 2.47. The van der Waals surface area contributed by atoms with Gasteiger partial charge in [0.2, 0.25) is 0 Å². The van der Waals surface area contributed by atoms with Crippen molar-refractivity contribution in [3.8, 4) is 28.4 Å². The number of fused-ring (bicyclic) bond motifs is 2. The van der Waals surface area contributed by atoms with E-state index in [2.05, 4.69) is 50.9 Å². The van der Waals surface area contributed by atoms with Crippen molar-refractivity contribution >= 4 is 10.8 Å². The van der Waals surface area contributed by atoms with Gasteiger partial charge in [-0.05, 0) is 68.4 Å². The number of likely N-dealkylation sites (N-methyl/N-ethyl adjacent to an activating group) is 1. The predicted octanol–water partition coefficient (Wildman–Crippen LogP) is 5.48. The molecule has 0 aliphatic carbocycles. The van der Waals surface area contributed by atoms with Crippen molar-refractivity contribution in [3.05, 3.63) is 53.1 Å². The van der Waals surface area contributed by atoms with Crippen LogP contribution in [0, 0.1) is 6.92 Å². The second-order valence-corrected chi connectivity index (χ2v) is 8.08. The Morgan fingerprint density at radius 2 is 1.76 bits per heavy atom. The molecule has 152 valence electrons. The Kier molecular flexibility index (Phi) is 4.91. The van der Waals surface area contributed by atoms with Gasteiger partial charge in [-0.25, -0.2) is 0 Å².